The maximum absolute atomic E-state index is 10.2. The van der Waals surface area contributed by atoms with Crippen LogP contribution in [0.5, 0.6) is 0 Å². The molecule has 0 amide bonds. The zero-order chi connectivity index (χ0) is 9.73. The zero-order valence-corrected chi connectivity index (χ0v) is 9.70. The molecule has 2 atom stereocenters. The lowest BCUT2D eigenvalue weighted by Crippen LogP contribution is -2.34. The molecule has 0 radical (unpaired) electrons. The first kappa shape index (κ1) is 11.4. The molecule has 2 unspecified atom stereocenters. The van der Waals surface area contributed by atoms with Crippen molar-refractivity contribution < 1.29 is 5.11 Å². The van der Waals surface area contributed by atoms with E-state index in [2.05, 4.69) is 13.8 Å². The van der Waals surface area contributed by atoms with E-state index in [1.807, 2.05) is 11.8 Å². The van der Waals surface area contributed by atoms with E-state index < -0.39 is 0 Å². The number of aliphatic hydroxyl groups is 1. The largest absolute Gasteiger partial charge is 0.389 e. The molecular formula is C11H22OS. The SMILES string of the molecule is CCCCCCC1(O)CCSC1C. The molecule has 1 heterocycles. The maximum Gasteiger partial charge on any atom is 0.0771 e. The van der Waals surface area contributed by atoms with Gasteiger partial charge in [-0.05, 0) is 18.6 Å². The van der Waals surface area contributed by atoms with Crippen LogP contribution in [0.1, 0.15) is 52.4 Å². The summed E-state index contributed by atoms with van der Waals surface area (Å²) >= 11 is 1.92. The molecule has 1 N–H and O–H groups in total. The fourth-order valence-corrected chi connectivity index (χ4v) is 3.33. The third-order valence-electron chi connectivity index (χ3n) is 3.12. The topological polar surface area (TPSA) is 20.2 Å². The summed E-state index contributed by atoms with van der Waals surface area (Å²) in [6.45, 7) is 4.39. The first-order chi connectivity index (χ1) is 6.19. The first-order valence-electron chi connectivity index (χ1n) is 5.53. The van der Waals surface area contributed by atoms with Gasteiger partial charge in [-0.1, -0.05) is 39.5 Å². The number of thioether (sulfide) groups is 1. The van der Waals surface area contributed by atoms with E-state index in [1.54, 1.807) is 0 Å². The lowest BCUT2D eigenvalue weighted by atomic mass is 9.90. The van der Waals surface area contributed by atoms with Crippen molar-refractivity contribution in [3.63, 3.8) is 0 Å². The first-order valence-corrected chi connectivity index (χ1v) is 6.58. The van der Waals surface area contributed by atoms with Crippen LogP contribution in [0, 0.1) is 0 Å². The summed E-state index contributed by atoms with van der Waals surface area (Å²) in [5.41, 5.74) is -0.335. The van der Waals surface area contributed by atoms with E-state index in [4.69, 9.17) is 0 Å². The summed E-state index contributed by atoms with van der Waals surface area (Å²) in [5, 5.41) is 10.7. The number of rotatable bonds is 5. The lowest BCUT2D eigenvalue weighted by Gasteiger charge is -2.26. The van der Waals surface area contributed by atoms with Crippen molar-refractivity contribution in [2.45, 2.75) is 63.2 Å². The Morgan fingerprint density at radius 2 is 2.15 bits per heavy atom. The summed E-state index contributed by atoms with van der Waals surface area (Å²) in [7, 11) is 0. The molecule has 13 heavy (non-hydrogen) atoms. The molecule has 0 saturated carbocycles. The predicted molar refractivity (Wildman–Crippen MR) is 60.2 cm³/mol. The molecule has 1 fully saturated rings. The smallest absolute Gasteiger partial charge is 0.0771 e. The maximum atomic E-state index is 10.2. The van der Waals surface area contributed by atoms with E-state index in [1.165, 1.54) is 25.7 Å². The van der Waals surface area contributed by atoms with Gasteiger partial charge in [0.15, 0.2) is 0 Å². The third-order valence-corrected chi connectivity index (χ3v) is 4.50. The van der Waals surface area contributed by atoms with Crippen molar-refractivity contribution in [2.75, 3.05) is 5.75 Å². The minimum atomic E-state index is -0.335. The van der Waals surface area contributed by atoms with Crippen LogP contribution in [-0.2, 0) is 0 Å². The molecule has 2 heteroatoms. The Hall–Kier alpha value is 0.310. The van der Waals surface area contributed by atoms with Crippen LogP contribution in [0.3, 0.4) is 0 Å². The van der Waals surface area contributed by atoms with Gasteiger partial charge < -0.3 is 5.11 Å². The van der Waals surface area contributed by atoms with Gasteiger partial charge in [0, 0.05) is 5.25 Å². The molecule has 0 aromatic rings. The fourth-order valence-electron chi connectivity index (χ4n) is 1.96. The van der Waals surface area contributed by atoms with Gasteiger partial charge in [-0.15, -0.1) is 0 Å². The van der Waals surface area contributed by atoms with Gasteiger partial charge in [0.2, 0.25) is 0 Å². The van der Waals surface area contributed by atoms with Gasteiger partial charge in [-0.2, -0.15) is 11.8 Å². The van der Waals surface area contributed by atoms with Crippen LogP contribution < -0.4 is 0 Å². The van der Waals surface area contributed by atoms with E-state index in [0.717, 1.165) is 18.6 Å². The number of unbranched alkanes of at least 4 members (excludes halogenated alkanes) is 3. The molecule has 0 aromatic carbocycles. The molecule has 1 saturated heterocycles. The zero-order valence-electron chi connectivity index (χ0n) is 8.88. The van der Waals surface area contributed by atoms with E-state index in [0.29, 0.717) is 5.25 Å². The minimum absolute atomic E-state index is 0.335. The van der Waals surface area contributed by atoms with Crippen LogP contribution in [-0.4, -0.2) is 21.7 Å². The quantitative estimate of drug-likeness (QED) is 0.691. The highest BCUT2D eigenvalue weighted by molar-refractivity contribution is 8.00. The standard InChI is InChI=1S/C11H22OS/c1-3-4-5-6-7-11(12)8-9-13-10(11)2/h10,12H,3-9H2,1-2H3. The van der Waals surface area contributed by atoms with E-state index in [-0.39, 0.29) is 5.60 Å². The molecule has 0 bridgehead atoms. The summed E-state index contributed by atoms with van der Waals surface area (Å²) in [5.74, 6) is 1.14. The van der Waals surface area contributed by atoms with Crippen molar-refractivity contribution in [2.24, 2.45) is 0 Å². The minimum Gasteiger partial charge on any atom is -0.389 e. The second-order valence-corrected chi connectivity index (χ2v) is 5.63. The molecule has 0 aliphatic carbocycles. The Morgan fingerprint density at radius 1 is 1.38 bits per heavy atom. The molecule has 1 rings (SSSR count). The predicted octanol–water partition coefficient (Wildman–Crippen LogP) is 3.21. The second kappa shape index (κ2) is 5.26. The van der Waals surface area contributed by atoms with Gasteiger partial charge in [-0.3, -0.25) is 0 Å². The Bertz CT molecular complexity index is 149. The monoisotopic (exact) mass is 202 g/mol. The molecule has 78 valence electrons. The van der Waals surface area contributed by atoms with Crippen LogP contribution in [0.25, 0.3) is 0 Å². The lowest BCUT2D eigenvalue weighted by molar-refractivity contribution is 0.0345. The Labute approximate surface area is 86.3 Å². The van der Waals surface area contributed by atoms with Crippen molar-refractivity contribution >= 4 is 11.8 Å². The van der Waals surface area contributed by atoms with Gasteiger partial charge in [0.05, 0.1) is 5.60 Å². The summed E-state index contributed by atoms with van der Waals surface area (Å²) in [6, 6.07) is 0. The Morgan fingerprint density at radius 3 is 2.69 bits per heavy atom. The van der Waals surface area contributed by atoms with Crippen LogP contribution in [0.4, 0.5) is 0 Å². The number of hydrogen-bond donors (Lipinski definition) is 1. The van der Waals surface area contributed by atoms with Gasteiger partial charge in [-0.25, -0.2) is 0 Å². The number of hydrogen-bond acceptors (Lipinski definition) is 2. The van der Waals surface area contributed by atoms with Crippen LogP contribution in [0.2, 0.25) is 0 Å². The average molecular weight is 202 g/mol. The van der Waals surface area contributed by atoms with Crippen molar-refractivity contribution in [3.05, 3.63) is 0 Å². The van der Waals surface area contributed by atoms with Crippen molar-refractivity contribution in [1.29, 1.82) is 0 Å². The van der Waals surface area contributed by atoms with Gasteiger partial charge in [0.1, 0.15) is 0 Å². The molecule has 1 nitrogen and oxygen atoms in total. The highest BCUT2D eigenvalue weighted by atomic mass is 32.2. The van der Waals surface area contributed by atoms with Crippen molar-refractivity contribution in [3.8, 4) is 0 Å². The van der Waals surface area contributed by atoms with Gasteiger partial charge >= 0.3 is 0 Å². The normalized spacial score (nSPS) is 33.9. The van der Waals surface area contributed by atoms with Crippen molar-refractivity contribution in [1.82, 2.24) is 0 Å². The highest BCUT2D eigenvalue weighted by Crippen LogP contribution is 2.38. The molecule has 1 aliphatic heterocycles. The summed E-state index contributed by atoms with van der Waals surface area (Å²) in [6.07, 6.45) is 7.11. The highest BCUT2D eigenvalue weighted by Gasteiger charge is 2.37. The molecule has 0 spiro atoms. The summed E-state index contributed by atoms with van der Waals surface area (Å²) < 4.78 is 0. The van der Waals surface area contributed by atoms with Crippen LogP contribution in [0.15, 0.2) is 0 Å². The van der Waals surface area contributed by atoms with Crippen LogP contribution >= 0.6 is 11.8 Å². The second-order valence-electron chi connectivity index (χ2n) is 4.18. The molecule has 1 aliphatic rings. The average Bonchev–Trinajstić information content (AvgIpc) is 2.42. The van der Waals surface area contributed by atoms with Gasteiger partial charge in [0.25, 0.3) is 0 Å². The molecule has 0 aromatic heterocycles. The Balaban J connectivity index is 2.18. The van der Waals surface area contributed by atoms with E-state index in [9.17, 15) is 5.11 Å². The fraction of sp³-hybridized carbons (Fsp3) is 1.00. The summed E-state index contributed by atoms with van der Waals surface area (Å²) in [4.78, 5) is 0. The third kappa shape index (κ3) is 3.17. The molecular weight excluding hydrogens is 180 g/mol. The Kier molecular flexibility index (Phi) is 4.60. The van der Waals surface area contributed by atoms with E-state index >= 15 is 0 Å².